The zero-order valence-corrected chi connectivity index (χ0v) is 22.0. The number of hydrogen-bond donors (Lipinski definition) is 2. The van der Waals surface area contributed by atoms with E-state index in [2.05, 4.69) is 10.6 Å². The SMILES string of the molecule is Cc1ccc(NC(=O)[C@@H]2[C@H]3C=C[C@]4(O3)[C@H](C(=O)NC3CCCCC3)N(C3CCCCC3)C(=O)[C@@H]24)cc1C. The Balaban J connectivity index is 1.31. The van der Waals surface area contributed by atoms with Crippen LogP contribution in [0.15, 0.2) is 30.4 Å². The molecule has 1 spiro atoms. The van der Waals surface area contributed by atoms with Crippen LogP contribution < -0.4 is 10.6 Å². The van der Waals surface area contributed by atoms with Crippen LogP contribution in [0.4, 0.5) is 5.69 Å². The van der Waals surface area contributed by atoms with E-state index in [0.717, 1.165) is 74.6 Å². The topological polar surface area (TPSA) is 87.7 Å². The molecule has 3 heterocycles. The molecule has 0 aromatic heterocycles. The fourth-order valence-corrected chi connectivity index (χ4v) is 7.53. The zero-order valence-electron chi connectivity index (χ0n) is 22.0. The minimum absolute atomic E-state index is 0.0165. The van der Waals surface area contributed by atoms with Crippen molar-refractivity contribution in [3.8, 4) is 0 Å². The van der Waals surface area contributed by atoms with E-state index in [1.54, 1.807) is 0 Å². The summed E-state index contributed by atoms with van der Waals surface area (Å²) in [6.45, 7) is 4.05. The number of amides is 3. The molecule has 3 aliphatic heterocycles. The van der Waals surface area contributed by atoms with Gasteiger partial charge in [-0.3, -0.25) is 14.4 Å². The van der Waals surface area contributed by atoms with E-state index in [1.807, 2.05) is 49.1 Å². The van der Waals surface area contributed by atoms with Gasteiger partial charge < -0.3 is 20.3 Å². The molecule has 0 unspecified atom stereocenters. The number of aryl methyl sites for hydroxylation is 2. The van der Waals surface area contributed by atoms with E-state index < -0.39 is 29.6 Å². The van der Waals surface area contributed by atoms with Crippen LogP contribution in [0.25, 0.3) is 0 Å². The summed E-state index contributed by atoms with van der Waals surface area (Å²) in [4.78, 5) is 43.7. The Bertz CT molecular complexity index is 1120. The number of hydrogen-bond acceptors (Lipinski definition) is 4. The molecule has 0 radical (unpaired) electrons. The monoisotopic (exact) mass is 505 g/mol. The third kappa shape index (κ3) is 4.10. The first-order chi connectivity index (χ1) is 17.9. The van der Waals surface area contributed by atoms with Gasteiger partial charge in [-0.1, -0.05) is 56.7 Å². The first-order valence-corrected chi connectivity index (χ1v) is 14.3. The van der Waals surface area contributed by atoms with Crippen LogP contribution in [0.1, 0.15) is 75.3 Å². The van der Waals surface area contributed by atoms with E-state index >= 15 is 0 Å². The highest BCUT2D eigenvalue weighted by molar-refractivity contribution is 6.03. The van der Waals surface area contributed by atoms with Gasteiger partial charge in [0.2, 0.25) is 17.7 Å². The Kier molecular flexibility index (Phi) is 6.38. The summed E-state index contributed by atoms with van der Waals surface area (Å²) in [6.07, 6.45) is 13.8. The fraction of sp³-hybridized carbons (Fsp3) is 0.633. The van der Waals surface area contributed by atoms with Crippen LogP contribution >= 0.6 is 0 Å². The normalized spacial score (nSPS) is 33.6. The highest BCUT2D eigenvalue weighted by Gasteiger charge is 2.73. The van der Waals surface area contributed by atoms with Crippen molar-refractivity contribution in [2.75, 3.05) is 5.32 Å². The number of benzene rings is 1. The van der Waals surface area contributed by atoms with Gasteiger partial charge in [-0.25, -0.2) is 0 Å². The Morgan fingerprint density at radius 2 is 1.65 bits per heavy atom. The molecule has 3 amide bonds. The van der Waals surface area contributed by atoms with Gasteiger partial charge in [-0.2, -0.15) is 0 Å². The van der Waals surface area contributed by atoms with Crippen molar-refractivity contribution < 1.29 is 19.1 Å². The molecule has 2 saturated carbocycles. The van der Waals surface area contributed by atoms with Gasteiger partial charge in [0.15, 0.2) is 0 Å². The second-order valence-corrected chi connectivity index (χ2v) is 11.9. The molecule has 1 aromatic rings. The van der Waals surface area contributed by atoms with E-state index in [1.165, 1.54) is 6.42 Å². The van der Waals surface area contributed by atoms with Gasteiger partial charge in [-0.15, -0.1) is 0 Å². The second-order valence-electron chi connectivity index (χ2n) is 11.9. The summed E-state index contributed by atoms with van der Waals surface area (Å²) in [5.74, 6) is -1.76. The Morgan fingerprint density at radius 1 is 0.946 bits per heavy atom. The standard InChI is InChI=1S/C30H39N3O4/c1-18-13-14-21(17-19(18)2)32-27(34)24-23-15-16-30(37-23)25(24)29(36)33(22-11-7-4-8-12-22)26(30)28(35)31-20-9-5-3-6-10-20/h13-17,20,22-26H,3-12H2,1-2H3,(H,31,35)(H,32,34)/t23-,24-,25-,26+,30-/m1/s1. The van der Waals surface area contributed by atoms with Gasteiger partial charge in [0, 0.05) is 17.8 Å². The first kappa shape index (κ1) is 24.7. The highest BCUT2D eigenvalue weighted by atomic mass is 16.5. The number of carbonyl (C=O) groups is 3. The molecule has 5 atom stereocenters. The fourth-order valence-electron chi connectivity index (χ4n) is 7.53. The van der Waals surface area contributed by atoms with Gasteiger partial charge in [0.1, 0.15) is 11.6 Å². The van der Waals surface area contributed by atoms with Crippen molar-refractivity contribution in [2.45, 2.75) is 108 Å². The Labute approximate surface area is 219 Å². The maximum absolute atomic E-state index is 14.2. The third-order valence-corrected chi connectivity index (χ3v) is 9.56. The van der Waals surface area contributed by atoms with Gasteiger partial charge in [0.25, 0.3) is 0 Å². The van der Waals surface area contributed by atoms with Gasteiger partial charge >= 0.3 is 0 Å². The van der Waals surface area contributed by atoms with E-state index in [9.17, 15) is 14.4 Å². The number of fused-ring (bicyclic) bond motifs is 1. The Morgan fingerprint density at radius 3 is 2.35 bits per heavy atom. The molecule has 2 aliphatic carbocycles. The average molecular weight is 506 g/mol. The van der Waals surface area contributed by atoms with Crippen LogP contribution in [0.2, 0.25) is 0 Å². The lowest BCUT2D eigenvalue weighted by Gasteiger charge is -2.39. The molecule has 5 aliphatic rings. The van der Waals surface area contributed by atoms with Crippen LogP contribution in [-0.4, -0.2) is 52.5 Å². The van der Waals surface area contributed by atoms with Crippen molar-refractivity contribution >= 4 is 23.4 Å². The molecular weight excluding hydrogens is 466 g/mol. The lowest BCUT2D eigenvalue weighted by Crippen LogP contribution is -2.58. The summed E-state index contributed by atoms with van der Waals surface area (Å²) < 4.78 is 6.52. The molecule has 6 rings (SSSR count). The number of nitrogens with one attached hydrogen (secondary N) is 2. The number of likely N-dealkylation sites (tertiary alicyclic amines) is 1. The number of anilines is 1. The molecule has 198 valence electrons. The predicted octanol–water partition coefficient (Wildman–Crippen LogP) is 4.17. The van der Waals surface area contributed by atoms with Crippen LogP contribution in [0, 0.1) is 25.7 Å². The lowest BCUT2D eigenvalue weighted by molar-refractivity contribution is -0.144. The number of rotatable bonds is 5. The van der Waals surface area contributed by atoms with E-state index in [4.69, 9.17) is 4.74 Å². The van der Waals surface area contributed by atoms with Gasteiger partial charge in [-0.05, 0) is 62.8 Å². The third-order valence-electron chi connectivity index (χ3n) is 9.56. The maximum atomic E-state index is 14.2. The first-order valence-electron chi connectivity index (χ1n) is 14.3. The molecule has 7 heteroatoms. The molecule has 4 fully saturated rings. The van der Waals surface area contributed by atoms with Crippen molar-refractivity contribution in [1.82, 2.24) is 10.2 Å². The van der Waals surface area contributed by atoms with Crippen LogP contribution in [0.3, 0.4) is 0 Å². The molecule has 2 bridgehead atoms. The molecule has 2 saturated heterocycles. The zero-order chi connectivity index (χ0) is 25.7. The number of carbonyl (C=O) groups excluding carboxylic acids is 3. The van der Waals surface area contributed by atoms with Crippen LogP contribution in [0.5, 0.6) is 0 Å². The predicted molar refractivity (Wildman–Crippen MR) is 141 cm³/mol. The van der Waals surface area contributed by atoms with Gasteiger partial charge in [0.05, 0.1) is 17.9 Å². The maximum Gasteiger partial charge on any atom is 0.246 e. The molecular formula is C30H39N3O4. The van der Waals surface area contributed by atoms with Crippen molar-refractivity contribution in [1.29, 1.82) is 0 Å². The summed E-state index contributed by atoms with van der Waals surface area (Å²) in [7, 11) is 0. The average Bonchev–Trinajstić information content (AvgIpc) is 3.54. The van der Waals surface area contributed by atoms with Crippen molar-refractivity contribution in [3.05, 3.63) is 41.5 Å². The molecule has 1 aromatic carbocycles. The molecule has 2 N–H and O–H groups in total. The summed E-state index contributed by atoms with van der Waals surface area (Å²) in [6, 6.07) is 5.27. The van der Waals surface area contributed by atoms with Crippen molar-refractivity contribution in [2.24, 2.45) is 11.8 Å². The summed E-state index contributed by atoms with van der Waals surface area (Å²) in [5, 5.41) is 6.34. The smallest absolute Gasteiger partial charge is 0.246 e. The van der Waals surface area contributed by atoms with E-state index in [-0.39, 0.29) is 29.8 Å². The number of nitrogens with zero attached hydrogens (tertiary/aromatic N) is 1. The minimum atomic E-state index is -1.08. The number of ether oxygens (including phenoxy) is 1. The van der Waals surface area contributed by atoms with Crippen molar-refractivity contribution in [3.63, 3.8) is 0 Å². The molecule has 7 nitrogen and oxygen atoms in total. The highest BCUT2D eigenvalue weighted by Crippen LogP contribution is 2.56. The Hall–Kier alpha value is -2.67. The lowest BCUT2D eigenvalue weighted by atomic mass is 9.74. The minimum Gasteiger partial charge on any atom is -0.359 e. The largest absolute Gasteiger partial charge is 0.359 e. The second kappa shape index (κ2) is 9.57. The van der Waals surface area contributed by atoms with E-state index in [0.29, 0.717) is 0 Å². The molecule has 37 heavy (non-hydrogen) atoms. The summed E-state index contributed by atoms with van der Waals surface area (Å²) >= 11 is 0. The quantitative estimate of drug-likeness (QED) is 0.588. The van der Waals surface area contributed by atoms with Crippen LogP contribution in [-0.2, 0) is 19.1 Å². The summed E-state index contributed by atoms with van der Waals surface area (Å²) in [5.41, 5.74) is 1.89.